The van der Waals surface area contributed by atoms with Crippen molar-refractivity contribution in [2.45, 2.75) is 57.3 Å². The summed E-state index contributed by atoms with van der Waals surface area (Å²) in [5.74, 6) is 1.03. The Morgan fingerprint density at radius 1 is 1.17 bits per heavy atom. The summed E-state index contributed by atoms with van der Waals surface area (Å²) in [6, 6.07) is 8.81. The molecule has 1 saturated heterocycles. The fourth-order valence-corrected chi connectivity index (χ4v) is 5.11. The van der Waals surface area contributed by atoms with Crippen molar-refractivity contribution in [1.82, 2.24) is 0 Å². The average molecular weight is 310 g/mol. The van der Waals surface area contributed by atoms with Gasteiger partial charge in [-0.3, -0.25) is 4.79 Å². The maximum absolute atomic E-state index is 12.6. The smallest absolute Gasteiger partial charge is 0.313 e. The first-order valence-corrected chi connectivity index (χ1v) is 9.11. The minimum Gasteiger partial charge on any atom is -0.465 e. The second-order valence-corrected chi connectivity index (χ2v) is 7.79. The number of rotatable bonds is 3. The number of hydrogen-bond acceptors (Lipinski definition) is 2. The first-order chi connectivity index (χ1) is 11.2. The second-order valence-electron chi connectivity index (χ2n) is 7.79. The van der Waals surface area contributed by atoms with Crippen molar-refractivity contribution in [3.8, 4) is 0 Å². The van der Waals surface area contributed by atoms with Crippen LogP contribution >= 0.6 is 0 Å². The lowest BCUT2D eigenvalue weighted by molar-refractivity contribution is -0.146. The number of carbonyl (C=O) groups is 1. The van der Waals surface area contributed by atoms with Crippen LogP contribution in [0.25, 0.3) is 0 Å². The summed E-state index contributed by atoms with van der Waals surface area (Å²) in [6.07, 6.45) is 9.25. The zero-order valence-electron chi connectivity index (χ0n) is 13.9. The van der Waals surface area contributed by atoms with Crippen LogP contribution in [0.1, 0.15) is 62.0 Å². The van der Waals surface area contributed by atoms with Crippen molar-refractivity contribution in [2.75, 3.05) is 6.61 Å². The summed E-state index contributed by atoms with van der Waals surface area (Å²) in [5.41, 5.74) is 3.75. The number of fused-ring (bicyclic) bond motifs is 1. The van der Waals surface area contributed by atoms with Gasteiger partial charge in [0, 0.05) is 5.92 Å². The predicted molar refractivity (Wildman–Crippen MR) is 91.2 cm³/mol. The van der Waals surface area contributed by atoms with Gasteiger partial charge in [-0.05, 0) is 49.1 Å². The van der Waals surface area contributed by atoms with Gasteiger partial charge in [0.25, 0.3) is 0 Å². The normalized spacial score (nSPS) is 31.2. The van der Waals surface area contributed by atoms with E-state index in [4.69, 9.17) is 4.74 Å². The first-order valence-electron chi connectivity index (χ1n) is 9.11. The molecular formula is C21H26O2. The third kappa shape index (κ3) is 2.52. The Bertz CT molecular complexity index is 626. The van der Waals surface area contributed by atoms with Gasteiger partial charge in [-0.2, -0.15) is 0 Å². The van der Waals surface area contributed by atoms with Gasteiger partial charge < -0.3 is 4.74 Å². The second kappa shape index (κ2) is 5.81. The summed E-state index contributed by atoms with van der Waals surface area (Å²) in [4.78, 5) is 12.6. The van der Waals surface area contributed by atoms with Crippen molar-refractivity contribution >= 4 is 5.97 Å². The molecule has 2 heteroatoms. The molecule has 0 aromatic heterocycles. The Labute approximate surface area is 138 Å². The van der Waals surface area contributed by atoms with Crippen LogP contribution in [0.15, 0.2) is 36.4 Å². The molecule has 3 aliphatic rings. The quantitative estimate of drug-likeness (QED) is 0.593. The molecule has 1 heterocycles. The lowest BCUT2D eigenvalue weighted by Gasteiger charge is -2.29. The van der Waals surface area contributed by atoms with Gasteiger partial charge in [-0.25, -0.2) is 0 Å². The Balaban J connectivity index is 1.66. The summed E-state index contributed by atoms with van der Waals surface area (Å²) in [5, 5.41) is 0. The van der Waals surface area contributed by atoms with Crippen LogP contribution in [0.2, 0.25) is 0 Å². The van der Waals surface area contributed by atoms with Crippen LogP contribution in [-0.2, 0) is 16.0 Å². The number of carbonyl (C=O) groups excluding carboxylic acids is 1. The van der Waals surface area contributed by atoms with Gasteiger partial charge in [-0.15, -0.1) is 0 Å². The molecule has 3 fully saturated rings. The molecule has 0 bridgehead atoms. The molecule has 0 amide bonds. The van der Waals surface area contributed by atoms with E-state index in [0.717, 1.165) is 19.3 Å². The number of allylic oxidation sites excluding steroid dienone is 1. The van der Waals surface area contributed by atoms with E-state index in [1.165, 1.54) is 48.8 Å². The van der Waals surface area contributed by atoms with E-state index in [9.17, 15) is 4.79 Å². The molecule has 2 atom stereocenters. The van der Waals surface area contributed by atoms with Crippen molar-refractivity contribution in [3.63, 3.8) is 0 Å². The van der Waals surface area contributed by atoms with Gasteiger partial charge in [0.15, 0.2) is 0 Å². The van der Waals surface area contributed by atoms with E-state index in [1.54, 1.807) is 0 Å². The monoisotopic (exact) mass is 310 g/mol. The molecule has 23 heavy (non-hydrogen) atoms. The molecule has 4 rings (SSSR count). The molecule has 1 aromatic rings. The maximum Gasteiger partial charge on any atom is 0.313 e. The molecular weight excluding hydrogens is 284 g/mol. The van der Waals surface area contributed by atoms with Gasteiger partial charge in [-0.1, -0.05) is 55.7 Å². The van der Waals surface area contributed by atoms with Gasteiger partial charge in [0.2, 0.25) is 0 Å². The summed E-state index contributed by atoms with van der Waals surface area (Å²) in [6.45, 7) is 4.75. The molecule has 0 spiro atoms. The zero-order valence-corrected chi connectivity index (χ0v) is 13.9. The lowest BCUT2D eigenvalue weighted by Crippen LogP contribution is -2.32. The standard InChI is InChI=1S/C21H26O2/c1-15-11-18-14-23-20(22)21(18,12-15)13-17-9-5-6-10-19(17)16-7-3-2-4-8-16/h5-6,9-10,16,18H,1-4,7-8,11-14H2. The van der Waals surface area contributed by atoms with E-state index in [0.29, 0.717) is 18.4 Å². The van der Waals surface area contributed by atoms with Crippen molar-refractivity contribution in [3.05, 3.63) is 47.5 Å². The van der Waals surface area contributed by atoms with Gasteiger partial charge in [0.1, 0.15) is 0 Å². The molecule has 2 saturated carbocycles. The molecule has 2 nitrogen and oxygen atoms in total. The minimum absolute atomic E-state index is 0.0135. The van der Waals surface area contributed by atoms with Crippen molar-refractivity contribution < 1.29 is 9.53 Å². The fourth-order valence-electron chi connectivity index (χ4n) is 5.11. The minimum atomic E-state index is -0.331. The van der Waals surface area contributed by atoms with E-state index in [2.05, 4.69) is 30.8 Å². The number of ether oxygens (including phenoxy) is 1. The highest BCUT2D eigenvalue weighted by atomic mass is 16.5. The third-order valence-corrected chi connectivity index (χ3v) is 6.31. The predicted octanol–water partition coefficient (Wildman–Crippen LogP) is 4.79. The molecule has 1 aliphatic heterocycles. The highest BCUT2D eigenvalue weighted by Crippen LogP contribution is 2.53. The van der Waals surface area contributed by atoms with Crippen molar-refractivity contribution in [1.29, 1.82) is 0 Å². The maximum atomic E-state index is 12.6. The van der Waals surface area contributed by atoms with E-state index in [-0.39, 0.29) is 11.4 Å². The number of benzene rings is 1. The van der Waals surface area contributed by atoms with Crippen LogP contribution in [0.3, 0.4) is 0 Å². The third-order valence-electron chi connectivity index (χ3n) is 6.31. The topological polar surface area (TPSA) is 26.3 Å². The van der Waals surface area contributed by atoms with Crippen LogP contribution in [0.4, 0.5) is 0 Å². The van der Waals surface area contributed by atoms with E-state index < -0.39 is 0 Å². The summed E-state index contributed by atoms with van der Waals surface area (Å²) in [7, 11) is 0. The Kier molecular flexibility index (Phi) is 3.79. The molecule has 2 unspecified atom stereocenters. The number of cyclic esters (lactones) is 1. The highest BCUT2D eigenvalue weighted by molar-refractivity contribution is 5.81. The van der Waals surface area contributed by atoms with Crippen LogP contribution < -0.4 is 0 Å². The van der Waals surface area contributed by atoms with E-state index >= 15 is 0 Å². The van der Waals surface area contributed by atoms with Crippen LogP contribution in [0, 0.1) is 11.3 Å². The summed E-state index contributed by atoms with van der Waals surface area (Å²) >= 11 is 0. The Morgan fingerprint density at radius 3 is 2.78 bits per heavy atom. The molecule has 122 valence electrons. The zero-order chi connectivity index (χ0) is 15.9. The Hall–Kier alpha value is -1.57. The van der Waals surface area contributed by atoms with Gasteiger partial charge >= 0.3 is 5.97 Å². The van der Waals surface area contributed by atoms with Crippen LogP contribution in [-0.4, -0.2) is 12.6 Å². The molecule has 2 aliphatic carbocycles. The largest absolute Gasteiger partial charge is 0.465 e. The fraction of sp³-hybridized carbons (Fsp3) is 0.571. The molecule has 1 aromatic carbocycles. The molecule has 0 radical (unpaired) electrons. The highest BCUT2D eigenvalue weighted by Gasteiger charge is 2.56. The van der Waals surface area contributed by atoms with Gasteiger partial charge in [0.05, 0.1) is 12.0 Å². The SMILES string of the molecule is C=C1CC2COC(=O)C2(Cc2ccccc2C2CCCCC2)C1. The Morgan fingerprint density at radius 2 is 1.96 bits per heavy atom. The van der Waals surface area contributed by atoms with Crippen LogP contribution in [0.5, 0.6) is 0 Å². The summed E-state index contributed by atoms with van der Waals surface area (Å²) < 4.78 is 5.45. The molecule has 0 N–H and O–H groups in total. The first kappa shape index (κ1) is 15.0. The number of hydrogen-bond donors (Lipinski definition) is 0. The van der Waals surface area contributed by atoms with Crippen molar-refractivity contribution in [2.24, 2.45) is 11.3 Å². The number of esters is 1. The van der Waals surface area contributed by atoms with E-state index in [1.807, 2.05) is 0 Å². The average Bonchev–Trinajstić information content (AvgIpc) is 3.04. The lowest BCUT2D eigenvalue weighted by atomic mass is 9.72.